The molecule has 0 fully saturated rings. The second-order valence-corrected chi connectivity index (χ2v) is 6.31. The number of ether oxygens (including phenoxy) is 1. The summed E-state index contributed by atoms with van der Waals surface area (Å²) < 4.78 is 16.7. The topological polar surface area (TPSA) is 81.7 Å². The van der Waals surface area contributed by atoms with Crippen molar-refractivity contribution in [2.75, 3.05) is 6.61 Å². The van der Waals surface area contributed by atoms with Gasteiger partial charge >= 0.3 is 0 Å². The summed E-state index contributed by atoms with van der Waals surface area (Å²) in [4.78, 5) is 24.9. The van der Waals surface area contributed by atoms with E-state index >= 15 is 0 Å². The van der Waals surface area contributed by atoms with E-state index in [1.165, 1.54) is 12.3 Å². The first kappa shape index (κ1) is 18.1. The Balaban J connectivity index is 2.01. The van der Waals surface area contributed by atoms with Crippen LogP contribution in [0.1, 0.15) is 20.3 Å². The molecule has 1 aromatic carbocycles. The molecule has 0 bridgehead atoms. The van der Waals surface area contributed by atoms with E-state index in [1.54, 1.807) is 24.3 Å². The maximum absolute atomic E-state index is 12.9. The maximum atomic E-state index is 12.9. The first-order valence-corrected chi connectivity index (χ1v) is 8.59. The van der Waals surface area contributed by atoms with Crippen LogP contribution in [0.5, 0.6) is 5.75 Å². The van der Waals surface area contributed by atoms with Gasteiger partial charge in [0.15, 0.2) is 12.4 Å². The molecule has 2 aromatic heterocycles. The van der Waals surface area contributed by atoms with Crippen LogP contribution in [-0.2, 0) is 4.79 Å². The Morgan fingerprint density at radius 1 is 1.35 bits per heavy atom. The average Bonchev–Trinajstić information content (AvgIpc) is 3.15. The predicted octanol–water partition coefficient (Wildman–Crippen LogP) is 4.00. The zero-order chi connectivity index (χ0) is 18.7. The number of furan rings is 1. The molecule has 3 rings (SSSR count). The van der Waals surface area contributed by atoms with Crippen LogP contribution in [0.4, 0.5) is 0 Å². The maximum Gasteiger partial charge on any atom is 0.258 e. The highest BCUT2D eigenvalue weighted by Gasteiger charge is 2.21. The van der Waals surface area contributed by atoms with Gasteiger partial charge in [-0.1, -0.05) is 18.5 Å². The summed E-state index contributed by atoms with van der Waals surface area (Å²) in [7, 11) is 0. The molecule has 6 nitrogen and oxygen atoms in total. The lowest BCUT2D eigenvalue weighted by atomic mass is 10.2. The van der Waals surface area contributed by atoms with Gasteiger partial charge in [-0.15, -0.1) is 0 Å². The first-order valence-electron chi connectivity index (χ1n) is 8.22. The van der Waals surface area contributed by atoms with Crippen molar-refractivity contribution in [3.8, 4) is 17.3 Å². The molecule has 0 aliphatic carbocycles. The van der Waals surface area contributed by atoms with Crippen LogP contribution in [0.2, 0.25) is 5.02 Å². The zero-order valence-electron chi connectivity index (χ0n) is 14.4. The summed E-state index contributed by atoms with van der Waals surface area (Å²) in [6, 6.07) is 8.06. The number of fused-ring (bicyclic) bond motifs is 1. The smallest absolute Gasteiger partial charge is 0.258 e. The molecular formula is C19H18ClNO5. The monoisotopic (exact) mass is 375 g/mol. The highest BCUT2D eigenvalue weighted by Crippen LogP contribution is 2.31. The number of halogens is 1. The van der Waals surface area contributed by atoms with Gasteiger partial charge in [0.1, 0.15) is 5.58 Å². The van der Waals surface area contributed by atoms with Gasteiger partial charge in [0.05, 0.1) is 11.6 Å². The van der Waals surface area contributed by atoms with Crippen LogP contribution in [0.15, 0.2) is 50.2 Å². The SMILES string of the molecule is CC[C@@H](C)NC(=O)COc1c(-c2ccco2)oc2ccc(Cl)cc2c1=O. The van der Waals surface area contributed by atoms with E-state index in [2.05, 4.69) is 5.32 Å². The fourth-order valence-corrected chi connectivity index (χ4v) is 2.58. The Morgan fingerprint density at radius 3 is 2.85 bits per heavy atom. The number of carbonyl (C=O) groups excluding carboxylic acids is 1. The van der Waals surface area contributed by atoms with Crippen molar-refractivity contribution >= 4 is 28.5 Å². The standard InChI is InChI=1S/C19H18ClNO5/c1-3-11(2)21-16(22)10-25-19-17(23)13-9-12(20)6-7-14(13)26-18(19)15-5-4-8-24-15/h4-9,11H,3,10H2,1-2H3,(H,21,22)/t11-/m1/s1. The van der Waals surface area contributed by atoms with Gasteiger partial charge in [-0.2, -0.15) is 0 Å². The fraction of sp³-hybridized carbons (Fsp3) is 0.263. The molecule has 26 heavy (non-hydrogen) atoms. The van der Waals surface area contributed by atoms with Gasteiger partial charge in [0.2, 0.25) is 16.9 Å². The predicted molar refractivity (Wildman–Crippen MR) is 98.6 cm³/mol. The van der Waals surface area contributed by atoms with Gasteiger partial charge in [0, 0.05) is 11.1 Å². The van der Waals surface area contributed by atoms with E-state index in [9.17, 15) is 9.59 Å². The number of hydrogen-bond acceptors (Lipinski definition) is 5. The quantitative estimate of drug-likeness (QED) is 0.704. The number of amides is 1. The molecule has 7 heteroatoms. The lowest BCUT2D eigenvalue weighted by Crippen LogP contribution is -2.36. The van der Waals surface area contributed by atoms with Crippen molar-refractivity contribution in [2.45, 2.75) is 26.3 Å². The van der Waals surface area contributed by atoms with Gasteiger partial charge in [-0.05, 0) is 43.7 Å². The van der Waals surface area contributed by atoms with Crippen molar-refractivity contribution in [1.82, 2.24) is 5.32 Å². The average molecular weight is 376 g/mol. The van der Waals surface area contributed by atoms with Crippen molar-refractivity contribution in [3.63, 3.8) is 0 Å². The molecule has 0 aliphatic heterocycles. The molecule has 1 amide bonds. The van der Waals surface area contributed by atoms with Crippen molar-refractivity contribution in [2.24, 2.45) is 0 Å². The second-order valence-electron chi connectivity index (χ2n) is 5.87. The molecule has 136 valence electrons. The van der Waals surface area contributed by atoms with Crippen LogP contribution in [-0.4, -0.2) is 18.6 Å². The lowest BCUT2D eigenvalue weighted by molar-refractivity contribution is -0.123. The van der Waals surface area contributed by atoms with E-state index in [0.29, 0.717) is 16.4 Å². The van der Waals surface area contributed by atoms with E-state index in [4.69, 9.17) is 25.2 Å². The second kappa shape index (κ2) is 7.66. The van der Waals surface area contributed by atoms with Crippen LogP contribution >= 0.6 is 11.6 Å². The Morgan fingerprint density at radius 2 is 2.15 bits per heavy atom. The molecule has 0 radical (unpaired) electrons. The summed E-state index contributed by atoms with van der Waals surface area (Å²) >= 11 is 5.98. The molecule has 0 saturated heterocycles. The Bertz CT molecular complexity index is 978. The van der Waals surface area contributed by atoms with Crippen molar-refractivity contribution in [1.29, 1.82) is 0 Å². The fourth-order valence-electron chi connectivity index (χ4n) is 2.41. The molecule has 0 saturated carbocycles. The van der Waals surface area contributed by atoms with Crippen molar-refractivity contribution in [3.05, 3.63) is 51.8 Å². The molecule has 1 N–H and O–H groups in total. The third kappa shape index (κ3) is 3.75. The van der Waals surface area contributed by atoms with Gasteiger partial charge in [0.25, 0.3) is 5.91 Å². The Labute approximate surface area is 154 Å². The van der Waals surface area contributed by atoms with E-state index in [-0.39, 0.29) is 35.5 Å². The van der Waals surface area contributed by atoms with E-state index < -0.39 is 5.43 Å². The van der Waals surface area contributed by atoms with Crippen LogP contribution < -0.4 is 15.5 Å². The summed E-state index contributed by atoms with van der Waals surface area (Å²) in [5.41, 5.74) is -0.0707. The largest absolute Gasteiger partial charge is 0.476 e. The van der Waals surface area contributed by atoms with E-state index in [1.807, 2.05) is 13.8 Å². The number of carbonyl (C=O) groups is 1. The minimum Gasteiger partial charge on any atom is -0.476 e. The summed E-state index contributed by atoms with van der Waals surface area (Å²) in [5, 5.41) is 3.45. The third-order valence-electron chi connectivity index (χ3n) is 3.92. The summed E-state index contributed by atoms with van der Waals surface area (Å²) in [6.07, 6.45) is 2.25. The zero-order valence-corrected chi connectivity index (χ0v) is 15.1. The number of hydrogen-bond donors (Lipinski definition) is 1. The number of benzene rings is 1. The highest BCUT2D eigenvalue weighted by atomic mass is 35.5. The van der Waals surface area contributed by atoms with Gasteiger partial charge in [-0.25, -0.2) is 0 Å². The Kier molecular flexibility index (Phi) is 5.32. The molecule has 2 heterocycles. The molecule has 3 aromatic rings. The Hall–Kier alpha value is -2.73. The normalized spacial score (nSPS) is 12.1. The minimum absolute atomic E-state index is 0.0162. The lowest BCUT2D eigenvalue weighted by Gasteiger charge is -2.13. The van der Waals surface area contributed by atoms with Crippen LogP contribution in [0.25, 0.3) is 22.5 Å². The minimum atomic E-state index is -0.420. The first-order chi connectivity index (χ1) is 12.5. The molecule has 0 spiro atoms. The van der Waals surface area contributed by atoms with E-state index in [0.717, 1.165) is 6.42 Å². The van der Waals surface area contributed by atoms with Crippen LogP contribution in [0, 0.1) is 0 Å². The van der Waals surface area contributed by atoms with Gasteiger partial charge in [-0.3, -0.25) is 9.59 Å². The summed E-state index contributed by atoms with van der Waals surface area (Å²) in [6.45, 7) is 3.54. The van der Waals surface area contributed by atoms with Crippen LogP contribution in [0.3, 0.4) is 0 Å². The number of nitrogens with one attached hydrogen (secondary N) is 1. The highest BCUT2D eigenvalue weighted by molar-refractivity contribution is 6.31. The molecule has 0 unspecified atom stereocenters. The van der Waals surface area contributed by atoms with Gasteiger partial charge < -0.3 is 18.9 Å². The molecular weight excluding hydrogens is 358 g/mol. The number of rotatable bonds is 6. The molecule has 1 atom stereocenters. The third-order valence-corrected chi connectivity index (χ3v) is 4.16. The van der Waals surface area contributed by atoms with Crippen molar-refractivity contribution < 1.29 is 18.4 Å². The summed E-state index contributed by atoms with van der Waals surface area (Å²) in [5.74, 6) is 0.0480. The molecule has 0 aliphatic rings.